The Labute approximate surface area is 332 Å². The number of carboxylic acids is 4. The summed E-state index contributed by atoms with van der Waals surface area (Å²) >= 11 is 0.926. The van der Waals surface area contributed by atoms with Crippen molar-refractivity contribution in [3.63, 3.8) is 0 Å². The molecule has 0 saturated heterocycles. The van der Waals surface area contributed by atoms with Gasteiger partial charge in [0, 0.05) is 63.1 Å². The van der Waals surface area contributed by atoms with Crippen LogP contribution in [0.1, 0.15) is 49.3 Å². The molecule has 1 radical (unpaired) electrons. The normalized spacial score (nSPS) is 12.0. The number of aromatic nitrogens is 4. The molecule has 2 atom stereocenters. The number of carbonyl (C=O) groups excluding carboxylic acids is 2. The van der Waals surface area contributed by atoms with Gasteiger partial charge < -0.3 is 45.5 Å². The molecule has 0 fully saturated rings. The second-order valence-electron chi connectivity index (χ2n) is 11.9. The Morgan fingerprint density at radius 1 is 0.818 bits per heavy atom. The molecule has 2 heterocycles. The molecule has 0 aliphatic rings. The maximum absolute atomic E-state index is 12.7. The maximum atomic E-state index is 12.7. The fraction of sp³-hybridized carbons (Fsp3) is 0.438. The van der Waals surface area contributed by atoms with Crippen molar-refractivity contribution in [1.82, 2.24) is 40.0 Å². The monoisotopic (exact) mass is 964 g/mol. The van der Waals surface area contributed by atoms with E-state index in [0.29, 0.717) is 37.5 Å². The third-order valence-electron chi connectivity index (χ3n) is 7.86. The minimum absolute atomic E-state index is 0. The molecular weight excluding hydrogens is 921 g/mol. The van der Waals surface area contributed by atoms with Gasteiger partial charge in [0.2, 0.25) is 5.91 Å². The summed E-state index contributed by atoms with van der Waals surface area (Å²) in [5.41, 5.74) is 0.919. The van der Waals surface area contributed by atoms with Gasteiger partial charge in [-0.15, -0.1) is 9.32 Å². The van der Waals surface area contributed by atoms with Crippen molar-refractivity contribution in [2.24, 2.45) is 5.90 Å². The summed E-state index contributed by atoms with van der Waals surface area (Å²) in [5, 5.41) is 45.1. The number of carbonyl (C=O) groups is 6. The summed E-state index contributed by atoms with van der Waals surface area (Å²) in [4.78, 5) is 86.6. The van der Waals surface area contributed by atoms with E-state index >= 15 is 0 Å². The number of nitrogens with two attached hydrogens (primary N) is 1. The molecule has 23 heteroatoms. The number of carboxylic acid groups (broad SMARTS) is 4. The number of imidazole rings is 2. The van der Waals surface area contributed by atoms with Crippen molar-refractivity contribution in [2.45, 2.75) is 81.7 Å². The summed E-state index contributed by atoms with van der Waals surface area (Å²) in [5.74, 6) is 0.379. The first-order valence-corrected chi connectivity index (χ1v) is 17.3. The predicted molar refractivity (Wildman–Crippen MR) is 187 cm³/mol. The number of benzene rings is 1. The Kier molecular flexibility index (Phi) is 20.6. The predicted octanol–water partition coefficient (Wildman–Crippen LogP) is 0.593. The minimum Gasteiger partial charge on any atom is -0.480 e. The van der Waals surface area contributed by atoms with Crippen LogP contribution < -0.4 is 21.8 Å². The molecule has 0 aliphatic heterocycles. The summed E-state index contributed by atoms with van der Waals surface area (Å²) < 4.78 is 7.49. The van der Waals surface area contributed by atoms with Crippen LogP contribution in [-0.2, 0) is 86.3 Å². The van der Waals surface area contributed by atoms with Gasteiger partial charge in [0.1, 0.15) is 36.8 Å². The number of aliphatic carboxylic acids is 4. The van der Waals surface area contributed by atoms with Crippen LogP contribution in [0.4, 0.5) is 4.79 Å². The summed E-state index contributed by atoms with van der Waals surface area (Å²) in [6.45, 7) is 0.331. The SMILES string of the molecule is NOOSc1ccc(CCNC(=O)CC[C@H](NC(=O)N[C@@H](CCCCN(Cc2nccn2CC(=O)O)Cc2nccn2CC(=O)O)C(=O)O)C(=O)O)cc1.[Re]. The molecular formula is C32H43N9O12ReS. The molecule has 3 aromatic rings. The quantitative estimate of drug-likeness (QED) is 0.0236. The van der Waals surface area contributed by atoms with Gasteiger partial charge in [-0.3, -0.25) is 19.3 Å². The van der Waals surface area contributed by atoms with Gasteiger partial charge in [-0.25, -0.2) is 24.4 Å². The maximum Gasteiger partial charge on any atom is 0.326 e. The van der Waals surface area contributed by atoms with E-state index in [9.17, 15) is 49.2 Å². The Morgan fingerprint density at radius 2 is 1.36 bits per heavy atom. The molecule has 301 valence electrons. The number of hydrogen-bond acceptors (Lipinski definition) is 13. The van der Waals surface area contributed by atoms with Gasteiger partial charge in [0.05, 0.1) is 25.1 Å². The van der Waals surface area contributed by atoms with Crippen LogP contribution in [-0.4, -0.2) is 105 Å². The third-order valence-corrected chi connectivity index (χ3v) is 8.47. The standard InChI is InChI=1S/C32H43N9O12S.Re/c33-52-53-54-22-6-4-21(5-7-22)10-11-36-27(42)9-8-24(31(49)50)38-32(51)37-23(30(47)48)3-1-2-14-39(17-25-34-12-15-40(25)19-28(43)44)18-26-35-13-16-41(26)20-29(45)46;/h4-7,12-13,15-16,23-24H,1-3,8-11,14,17-20,33H2,(H,36,42)(H,43,44)(H,45,46)(H,47,48)(H,49,50)(H2,37,38,51);/t23-,24-;/m0./s1. The van der Waals surface area contributed by atoms with Crippen LogP contribution in [0.5, 0.6) is 0 Å². The molecule has 2 aromatic heterocycles. The van der Waals surface area contributed by atoms with E-state index < -0.39 is 47.9 Å². The number of rotatable bonds is 26. The zero-order chi connectivity index (χ0) is 39.5. The zero-order valence-electron chi connectivity index (χ0n) is 29.4. The van der Waals surface area contributed by atoms with Crippen molar-refractivity contribution in [2.75, 3.05) is 13.1 Å². The van der Waals surface area contributed by atoms with E-state index in [1.165, 1.54) is 33.9 Å². The molecule has 0 unspecified atom stereocenters. The van der Waals surface area contributed by atoms with Crippen LogP contribution in [0, 0.1) is 0 Å². The van der Waals surface area contributed by atoms with E-state index in [-0.39, 0.29) is 72.4 Å². The van der Waals surface area contributed by atoms with Gasteiger partial charge >= 0.3 is 29.9 Å². The molecule has 21 nitrogen and oxygen atoms in total. The van der Waals surface area contributed by atoms with E-state index in [4.69, 9.17) is 5.90 Å². The number of amides is 3. The van der Waals surface area contributed by atoms with Crippen LogP contribution in [0.25, 0.3) is 0 Å². The van der Waals surface area contributed by atoms with Gasteiger partial charge in [-0.05, 0) is 56.3 Å². The third kappa shape index (κ3) is 17.4. The van der Waals surface area contributed by atoms with Crippen LogP contribution in [0.15, 0.2) is 53.9 Å². The van der Waals surface area contributed by atoms with Crippen LogP contribution in [0.3, 0.4) is 0 Å². The fourth-order valence-electron chi connectivity index (χ4n) is 5.21. The van der Waals surface area contributed by atoms with Crippen molar-refractivity contribution in [1.29, 1.82) is 0 Å². The van der Waals surface area contributed by atoms with Crippen LogP contribution >= 0.6 is 12.0 Å². The Hall–Kier alpha value is -4.89. The van der Waals surface area contributed by atoms with Crippen molar-refractivity contribution >= 4 is 47.9 Å². The molecule has 55 heavy (non-hydrogen) atoms. The summed E-state index contributed by atoms with van der Waals surface area (Å²) in [6.07, 6.45) is 6.68. The first-order valence-electron chi connectivity index (χ1n) is 16.6. The molecule has 0 saturated carbocycles. The fourth-order valence-corrected chi connectivity index (χ4v) is 5.58. The molecule has 3 amide bonds. The zero-order valence-corrected chi connectivity index (χ0v) is 32.9. The van der Waals surface area contributed by atoms with E-state index in [1.54, 1.807) is 12.1 Å². The Bertz CT molecular complexity index is 1650. The largest absolute Gasteiger partial charge is 0.480 e. The average molecular weight is 964 g/mol. The smallest absolute Gasteiger partial charge is 0.326 e. The number of nitrogens with zero attached hydrogens (tertiary/aromatic N) is 5. The Morgan fingerprint density at radius 3 is 1.87 bits per heavy atom. The van der Waals surface area contributed by atoms with Crippen molar-refractivity contribution < 1.29 is 78.9 Å². The molecule has 0 aliphatic carbocycles. The first kappa shape index (κ1) is 46.3. The number of urea groups is 1. The van der Waals surface area contributed by atoms with Crippen molar-refractivity contribution in [3.8, 4) is 0 Å². The Balaban J connectivity index is 0.0000105. The number of unbranched alkanes of at least 4 members (excludes halogenated alkanes) is 1. The van der Waals surface area contributed by atoms with Gasteiger partial charge in [0.15, 0.2) is 0 Å². The van der Waals surface area contributed by atoms with Crippen molar-refractivity contribution in [3.05, 3.63) is 66.3 Å². The second-order valence-corrected chi connectivity index (χ2v) is 12.6. The van der Waals surface area contributed by atoms with E-state index in [0.717, 1.165) is 22.5 Å². The number of nitrogens with one attached hydrogen (secondary N) is 3. The van der Waals surface area contributed by atoms with Gasteiger partial charge in [-0.1, -0.05) is 12.1 Å². The summed E-state index contributed by atoms with van der Waals surface area (Å²) in [6, 6.07) is 3.33. The van der Waals surface area contributed by atoms with Gasteiger partial charge in [-0.2, -0.15) is 5.90 Å². The topological polar surface area (TPSA) is 303 Å². The molecule has 1 aromatic carbocycles. The summed E-state index contributed by atoms with van der Waals surface area (Å²) in [7, 11) is 0. The average Bonchev–Trinajstić information content (AvgIpc) is 3.74. The first-order chi connectivity index (χ1) is 25.8. The van der Waals surface area contributed by atoms with E-state index in [1.807, 2.05) is 17.0 Å². The van der Waals surface area contributed by atoms with E-state index in [2.05, 4.69) is 35.2 Å². The minimum atomic E-state index is -1.47. The number of hydrogen-bond donors (Lipinski definition) is 8. The molecule has 3 rings (SSSR count). The molecule has 9 N–H and O–H groups in total. The molecule has 0 spiro atoms. The second kappa shape index (κ2) is 24.5. The van der Waals surface area contributed by atoms with Gasteiger partial charge in [0.25, 0.3) is 0 Å². The molecule has 0 bridgehead atoms. The van der Waals surface area contributed by atoms with Crippen LogP contribution in [0.2, 0.25) is 0 Å².